The summed E-state index contributed by atoms with van der Waals surface area (Å²) in [4.78, 5) is 24.3. The van der Waals surface area contributed by atoms with E-state index < -0.39 is 27.7 Å². The van der Waals surface area contributed by atoms with Crippen molar-refractivity contribution in [1.29, 1.82) is 0 Å². The van der Waals surface area contributed by atoms with Gasteiger partial charge in [0.2, 0.25) is 15.9 Å². The van der Waals surface area contributed by atoms with Crippen molar-refractivity contribution in [3.63, 3.8) is 0 Å². The number of rotatable bonds is 9. The summed E-state index contributed by atoms with van der Waals surface area (Å²) >= 11 is 6.12. The number of carboxylic acid groups (broad SMARTS) is 1. The van der Waals surface area contributed by atoms with Crippen molar-refractivity contribution in [2.45, 2.75) is 30.7 Å². The van der Waals surface area contributed by atoms with Crippen LogP contribution in [0.15, 0.2) is 71.6 Å². The maximum atomic E-state index is 14.0. The van der Waals surface area contributed by atoms with E-state index in [2.05, 4.69) is 15.1 Å². The summed E-state index contributed by atoms with van der Waals surface area (Å²) in [5.41, 5.74) is 0.236. The number of aromatic nitrogens is 2. The first-order chi connectivity index (χ1) is 19.0. The lowest BCUT2D eigenvalue weighted by Gasteiger charge is -2.16. The van der Waals surface area contributed by atoms with E-state index >= 15 is 0 Å². The maximum absolute atomic E-state index is 14.0. The van der Waals surface area contributed by atoms with Gasteiger partial charge in [-0.1, -0.05) is 29.8 Å². The quantitative estimate of drug-likeness (QED) is 0.247. The third-order valence-electron chi connectivity index (χ3n) is 6.04. The number of hydrogen-bond acceptors (Lipinski definition) is 6. The summed E-state index contributed by atoms with van der Waals surface area (Å²) in [6.45, 7) is 1.44. The number of carbonyl (C=O) groups is 2. The first-order valence-electron chi connectivity index (χ1n) is 12.0. The molecule has 1 fully saturated rings. The highest BCUT2D eigenvalue weighted by Crippen LogP contribution is 2.36. The number of nitrogens with one attached hydrogen (secondary N) is 2. The van der Waals surface area contributed by atoms with Gasteiger partial charge in [0.25, 0.3) is 5.91 Å². The van der Waals surface area contributed by atoms with Crippen LogP contribution in [-0.4, -0.2) is 41.2 Å². The Morgan fingerprint density at radius 1 is 1.10 bits per heavy atom. The van der Waals surface area contributed by atoms with E-state index in [0.717, 1.165) is 10.7 Å². The van der Waals surface area contributed by atoms with E-state index in [-0.39, 0.29) is 55.8 Å². The van der Waals surface area contributed by atoms with Crippen LogP contribution in [0.4, 0.5) is 10.1 Å². The molecule has 1 amide bonds. The summed E-state index contributed by atoms with van der Waals surface area (Å²) in [5, 5.41) is 16.5. The molecule has 0 radical (unpaired) electrons. The van der Waals surface area contributed by atoms with Crippen LogP contribution in [0.2, 0.25) is 5.02 Å². The number of benzene rings is 3. The van der Waals surface area contributed by atoms with Crippen molar-refractivity contribution < 1.29 is 32.2 Å². The van der Waals surface area contributed by atoms with Crippen molar-refractivity contribution in [1.82, 2.24) is 14.5 Å². The minimum absolute atomic E-state index is 0.0892. The SMILES string of the molecule is Cc1c(C(=O)O)nn(-c2cccc(F)c2)c1Oc1ccc(NC(=O)c2ccccc2Cl)cc1S(=O)(=O)NC1CC1. The molecule has 4 aromatic rings. The number of hydrogen-bond donors (Lipinski definition) is 3. The highest BCUT2D eigenvalue weighted by atomic mass is 35.5. The van der Waals surface area contributed by atoms with Crippen molar-refractivity contribution >= 4 is 39.2 Å². The fourth-order valence-corrected chi connectivity index (χ4v) is 5.58. The zero-order valence-electron chi connectivity index (χ0n) is 20.9. The Morgan fingerprint density at radius 2 is 1.85 bits per heavy atom. The molecular formula is C27H22ClFN4O6S. The number of halogens is 2. The zero-order chi connectivity index (χ0) is 28.6. The third-order valence-corrected chi connectivity index (χ3v) is 7.91. The molecular weight excluding hydrogens is 563 g/mol. The molecule has 40 heavy (non-hydrogen) atoms. The molecule has 13 heteroatoms. The highest BCUT2D eigenvalue weighted by molar-refractivity contribution is 7.89. The summed E-state index contributed by atoms with van der Waals surface area (Å²) < 4.78 is 50.4. The molecule has 1 heterocycles. The average molecular weight is 585 g/mol. The lowest BCUT2D eigenvalue weighted by molar-refractivity contribution is 0.0689. The molecule has 0 bridgehead atoms. The van der Waals surface area contributed by atoms with Crippen LogP contribution in [0.5, 0.6) is 11.6 Å². The van der Waals surface area contributed by atoms with Gasteiger partial charge in [-0.2, -0.15) is 9.78 Å². The monoisotopic (exact) mass is 584 g/mol. The molecule has 206 valence electrons. The Kier molecular flexibility index (Phi) is 7.32. The Balaban J connectivity index is 1.58. The number of ether oxygens (including phenoxy) is 1. The van der Waals surface area contributed by atoms with Crippen molar-refractivity contribution in [2.75, 3.05) is 5.32 Å². The molecule has 1 saturated carbocycles. The predicted octanol–water partition coefficient (Wildman–Crippen LogP) is 5.16. The van der Waals surface area contributed by atoms with Gasteiger partial charge in [0.1, 0.15) is 16.5 Å². The van der Waals surface area contributed by atoms with Crippen LogP contribution in [0.3, 0.4) is 0 Å². The molecule has 5 rings (SSSR count). The van der Waals surface area contributed by atoms with Crippen LogP contribution in [0.1, 0.15) is 39.3 Å². The van der Waals surface area contributed by atoms with Crippen molar-refractivity contribution in [2.24, 2.45) is 0 Å². The fraction of sp³-hybridized carbons (Fsp3) is 0.148. The molecule has 0 saturated heterocycles. The molecule has 10 nitrogen and oxygen atoms in total. The standard InChI is InChI=1S/C27H22ClFN4O6S/c1-15-24(27(35)36)31-33(19-6-4-5-16(29)13-19)26(15)39-22-12-11-18(14-23(22)40(37,38)32-17-9-10-17)30-25(34)20-7-2-3-8-21(20)28/h2-8,11-14,17,32H,9-10H2,1H3,(H,30,34)(H,35,36). The summed E-state index contributed by atoms with van der Waals surface area (Å²) in [5.74, 6) is -2.79. The lowest BCUT2D eigenvalue weighted by atomic mass is 10.2. The average Bonchev–Trinajstić information content (AvgIpc) is 3.65. The maximum Gasteiger partial charge on any atom is 0.356 e. The second kappa shape index (κ2) is 10.7. The van der Waals surface area contributed by atoms with Crippen LogP contribution in [0.25, 0.3) is 5.69 Å². The van der Waals surface area contributed by atoms with Gasteiger partial charge in [0, 0.05) is 17.3 Å². The van der Waals surface area contributed by atoms with Crippen molar-refractivity contribution in [3.05, 3.63) is 94.4 Å². The number of nitrogens with zero attached hydrogens (tertiary/aromatic N) is 2. The van der Waals surface area contributed by atoms with Gasteiger partial charge in [-0.05, 0) is 68.3 Å². The third kappa shape index (κ3) is 5.69. The molecule has 0 atom stereocenters. The predicted molar refractivity (Wildman–Crippen MR) is 144 cm³/mol. The minimum atomic E-state index is -4.14. The van der Waals surface area contributed by atoms with Crippen molar-refractivity contribution in [3.8, 4) is 17.3 Å². The topological polar surface area (TPSA) is 140 Å². The number of aromatic carboxylic acids is 1. The van der Waals surface area contributed by atoms with Gasteiger partial charge in [0.05, 0.1) is 16.3 Å². The van der Waals surface area contributed by atoms with Crippen LogP contribution in [0, 0.1) is 12.7 Å². The smallest absolute Gasteiger partial charge is 0.356 e. The van der Waals surface area contributed by atoms with Gasteiger partial charge in [0.15, 0.2) is 5.69 Å². The molecule has 0 aliphatic heterocycles. The molecule has 1 aromatic heterocycles. The molecule has 1 aliphatic rings. The Labute approximate surface area is 233 Å². The fourth-order valence-electron chi connectivity index (χ4n) is 3.90. The number of carbonyl (C=O) groups excluding carboxylic acids is 1. The largest absolute Gasteiger partial charge is 0.476 e. The van der Waals surface area contributed by atoms with E-state index in [0.29, 0.717) is 12.8 Å². The normalized spacial score (nSPS) is 13.2. The molecule has 0 unspecified atom stereocenters. The summed E-state index contributed by atoms with van der Waals surface area (Å²) in [7, 11) is -4.14. The van der Waals surface area contributed by atoms with Gasteiger partial charge in [-0.3, -0.25) is 4.79 Å². The highest BCUT2D eigenvalue weighted by Gasteiger charge is 2.31. The number of carboxylic acids is 1. The lowest BCUT2D eigenvalue weighted by Crippen LogP contribution is -2.26. The summed E-state index contributed by atoms with van der Waals surface area (Å²) in [6, 6.07) is 15.4. The number of amides is 1. The molecule has 3 N–H and O–H groups in total. The van der Waals surface area contributed by atoms with E-state index in [9.17, 15) is 27.5 Å². The van der Waals surface area contributed by atoms with E-state index in [1.165, 1.54) is 49.4 Å². The van der Waals surface area contributed by atoms with E-state index in [1.54, 1.807) is 18.2 Å². The van der Waals surface area contributed by atoms with E-state index in [4.69, 9.17) is 16.3 Å². The summed E-state index contributed by atoms with van der Waals surface area (Å²) in [6.07, 6.45) is 1.34. The number of sulfonamides is 1. The minimum Gasteiger partial charge on any atom is -0.476 e. The van der Waals surface area contributed by atoms with Crippen LogP contribution >= 0.6 is 11.6 Å². The molecule has 3 aromatic carbocycles. The molecule has 0 spiro atoms. The van der Waals surface area contributed by atoms with Gasteiger partial charge in [-0.25, -0.2) is 22.3 Å². The Bertz CT molecular complexity index is 1750. The van der Waals surface area contributed by atoms with Gasteiger partial charge < -0.3 is 15.2 Å². The second-order valence-electron chi connectivity index (χ2n) is 9.07. The van der Waals surface area contributed by atoms with Gasteiger partial charge in [-0.15, -0.1) is 0 Å². The second-order valence-corrected chi connectivity index (χ2v) is 11.2. The molecule has 1 aliphatic carbocycles. The Hall–Kier alpha value is -4.26. The van der Waals surface area contributed by atoms with Crippen LogP contribution in [-0.2, 0) is 10.0 Å². The Morgan fingerprint density at radius 3 is 2.52 bits per heavy atom. The van der Waals surface area contributed by atoms with Gasteiger partial charge >= 0.3 is 5.97 Å². The van der Waals surface area contributed by atoms with E-state index in [1.807, 2.05) is 0 Å². The van der Waals surface area contributed by atoms with Crippen LogP contribution < -0.4 is 14.8 Å². The first-order valence-corrected chi connectivity index (χ1v) is 13.9. The number of anilines is 1. The first kappa shape index (κ1) is 27.3. The zero-order valence-corrected chi connectivity index (χ0v) is 22.5.